The summed E-state index contributed by atoms with van der Waals surface area (Å²) in [5, 5.41) is 0. The van der Waals surface area contributed by atoms with Crippen LogP contribution in [-0.2, 0) is 4.74 Å². The number of ether oxygens (including phenoxy) is 1. The van der Waals surface area contributed by atoms with Gasteiger partial charge in [0.25, 0.3) is 0 Å². The molecule has 0 heterocycles. The third-order valence-corrected chi connectivity index (χ3v) is 3.22. The molecule has 0 aromatic carbocycles. The third-order valence-electron chi connectivity index (χ3n) is 1.26. The van der Waals surface area contributed by atoms with Gasteiger partial charge in [-0.2, -0.15) is 0 Å². The van der Waals surface area contributed by atoms with Crippen molar-refractivity contribution in [2.24, 2.45) is 0 Å². The van der Waals surface area contributed by atoms with E-state index in [1.54, 1.807) is 7.11 Å². The summed E-state index contributed by atoms with van der Waals surface area (Å²) in [6, 6.07) is 1.34. The first-order chi connectivity index (χ1) is 4.16. The summed E-state index contributed by atoms with van der Waals surface area (Å²) in [5.41, 5.74) is 0.167. The molecular weight excluding hydrogens is 148 g/mol. The molecule has 0 fully saturated rings. The van der Waals surface area contributed by atoms with E-state index in [1.165, 1.54) is 6.04 Å². The Morgan fingerprint density at radius 2 is 2.11 bits per heavy atom. The molecule has 0 saturated carbocycles. The molecule has 0 amide bonds. The SMILES string of the molecule is COC(S)CC[SiH](C)C. The summed E-state index contributed by atoms with van der Waals surface area (Å²) in [6.07, 6.45) is 1.11. The Labute approximate surface area is 64.8 Å². The lowest BCUT2D eigenvalue weighted by atomic mass is 10.5. The molecule has 0 N–H and O–H groups in total. The second-order valence-electron chi connectivity index (χ2n) is 2.66. The average molecular weight is 164 g/mol. The van der Waals surface area contributed by atoms with E-state index in [1.807, 2.05) is 0 Å². The van der Waals surface area contributed by atoms with Crippen molar-refractivity contribution in [3.8, 4) is 0 Å². The van der Waals surface area contributed by atoms with Gasteiger partial charge in [-0.1, -0.05) is 19.1 Å². The van der Waals surface area contributed by atoms with Crippen LogP contribution in [0, 0.1) is 0 Å². The van der Waals surface area contributed by atoms with Crippen molar-refractivity contribution in [3.05, 3.63) is 0 Å². The highest BCUT2D eigenvalue weighted by molar-refractivity contribution is 7.80. The van der Waals surface area contributed by atoms with Gasteiger partial charge in [0.15, 0.2) is 0 Å². The molecule has 0 aromatic heterocycles. The standard InChI is InChI=1S/C6H16OSSi/c1-7-6(8)4-5-9(2)3/h6,8-9H,4-5H2,1-3H3. The van der Waals surface area contributed by atoms with E-state index in [4.69, 9.17) is 4.74 Å². The second kappa shape index (κ2) is 5.32. The minimum Gasteiger partial charge on any atom is -0.371 e. The highest BCUT2D eigenvalue weighted by Crippen LogP contribution is 2.07. The van der Waals surface area contributed by atoms with Gasteiger partial charge >= 0.3 is 0 Å². The second-order valence-corrected chi connectivity index (χ2v) is 6.60. The Hall–Kier alpha value is 0.527. The van der Waals surface area contributed by atoms with Gasteiger partial charge in [0.2, 0.25) is 0 Å². The predicted octanol–water partition coefficient (Wildman–Crippen LogP) is 1.77. The van der Waals surface area contributed by atoms with E-state index < -0.39 is 0 Å². The first kappa shape index (κ1) is 9.53. The van der Waals surface area contributed by atoms with Gasteiger partial charge < -0.3 is 4.74 Å². The lowest BCUT2D eigenvalue weighted by Gasteiger charge is -2.08. The van der Waals surface area contributed by atoms with Gasteiger partial charge in [-0.3, -0.25) is 0 Å². The van der Waals surface area contributed by atoms with Crippen LogP contribution in [0.5, 0.6) is 0 Å². The minimum atomic E-state index is -0.369. The van der Waals surface area contributed by atoms with Crippen molar-refractivity contribution in [1.82, 2.24) is 0 Å². The summed E-state index contributed by atoms with van der Waals surface area (Å²) >= 11 is 4.20. The van der Waals surface area contributed by atoms with E-state index in [0.717, 1.165) is 6.42 Å². The quantitative estimate of drug-likeness (QED) is 0.378. The molecule has 3 heteroatoms. The fourth-order valence-corrected chi connectivity index (χ4v) is 1.99. The van der Waals surface area contributed by atoms with Crippen molar-refractivity contribution < 1.29 is 4.74 Å². The molecule has 0 aromatic rings. The highest BCUT2D eigenvalue weighted by atomic mass is 32.1. The number of hydrogen-bond donors (Lipinski definition) is 1. The Bertz CT molecular complexity index is 68.1. The van der Waals surface area contributed by atoms with Gasteiger partial charge in [-0.05, 0) is 6.42 Å². The van der Waals surface area contributed by atoms with Crippen LogP contribution in [0.4, 0.5) is 0 Å². The molecule has 0 bridgehead atoms. The molecule has 0 spiro atoms. The van der Waals surface area contributed by atoms with Crippen LogP contribution in [0.15, 0.2) is 0 Å². The number of rotatable bonds is 4. The van der Waals surface area contributed by atoms with Crippen molar-refractivity contribution in [2.75, 3.05) is 7.11 Å². The molecule has 0 aliphatic heterocycles. The zero-order valence-electron chi connectivity index (χ0n) is 6.42. The summed E-state index contributed by atoms with van der Waals surface area (Å²) in [6.45, 7) is 4.69. The maximum absolute atomic E-state index is 4.99. The number of hydrogen-bond acceptors (Lipinski definition) is 2. The third kappa shape index (κ3) is 6.41. The molecular formula is C6H16OSSi. The molecule has 0 radical (unpaired) electrons. The lowest BCUT2D eigenvalue weighted by molar-refractivity contribution is 0.172. The van der Waals surface area contributed by atoms with Crippen LogP contribution in [-0.4, -0.2) is 21.3 Å². The van der Waals surface area contributed by atoms with Gasteiger partial charge in [0, 0.05) is 15.9 Å². The van der Waals surface area contributed by atoms with Crippen molar-refractivity contribution in [3.63, 3.8) is 0 Å². The van der Waals surface area contributed by atoms with Crippen LogP contribution < -0.4 is 0 Å². The number of methoxy groups -OCH3 is 1. The van der Waals surface area contributed by atoms with Gasteiger partial charge in [0.05, 0.1) is 5.44 Å². The molecule has 0 rings (SSSR count). The Morgan fingerprint density at radius 3 is 2.44 bits per heavy atom. The van der Waals surface area contributed by atoms with E-state index >= 15 is 0 Å². The monoisotopic (exact) mass is 164 g/mol. The zero-order valence-corrected chi connectivity index (χ0v) is 8.47. The average Bonchev–Trinajstić information content (AvgIpc) is 1.83. The highest BCUT2D eigenvalue weighted by Gasteiger charge is 2.01. The van der Waals surface area contributed by atoms with Gasteiger partial charge in [0.1, 0.15) is 0 Å². The van der Waals surface area contributed by atoms with Gasteiger partial charge in [-0.15, -0.1) is 12.6 Å². The predicted molar refractivity (Wildman–Crippen MR) is 48.1 cm³/mol. The first-order valence-electron chi connectivity index (χ1n) is 3.37. The van der Waals surface area contributed by atoms with Gasteiger partial charge in [-0.25, -0.2) is 0 Å². The normalized spacial score (nSPS) is 14.3. The molecule has 1 nitrogen and oxygen atoms in total. The lowest BCUT2D eigenvalue weighted by Crippen LogP contribution is -2.06. The zero-order chi connectivity index (χ0) is 7.28. The molecule has 0 aliphatic rings. The molecule has 0 aliphatic carbocycles. The van der Waals surface area contributed by atoms with Crippen LogP contribution >= 0.6 is 12.6 Å². The summed E-state index contributed by atoms with van der Waals surface area (Å²) in [7, 11) is 1.34. The van der Waals surface area contributed by atoms with Crippen LogP contribution in [0.3, 0.4) is 0 Å². The van der Waals surface area contributed by atoms with Crippen LogP contribution in [0.1, 0.15) is 6.42 Å². The van der Waals surface area contributed by atoms with E-state index in [-0.39, 0.29) is 14.2 Å². The maximum Gasteiger partial charge on any atom is 0.0993 e. The molecule has 9 heavy (non-hydrogen) atoms. The van der Waals surface area contributed by atoms with Crippen LogP contribution in [0.2, 0.25) is 19.1 Å². The topological polar surface area (TPSA) is 9.23 Å². The summed E-state index contributed by atoms with van der Waals surface area (Å²) < 4.78 is 4.99. The van der Waals surface area contributed by atoms with Crippen molar-refractivity contribution in [2.45, 2.75) is 31.0 Å². The summed E-state index contributed by atoms with van der Waals surface area (Å²) in [5.74, 6) is 0. The summed E-state index contributed by atoms with van der Waals surface area (Å²) in [4.78, 5) is 0. The Kier molecular flexibility index (Phi) is 5.63. The molecule has 56 valence electrons. The first-order valence-corrected chi connectivity index (χ1v) is 7.02. The van der Waals surface area contributed by atoms with E-state index in [2.05, 4.69) is 25.7 Å². The maximum atomic E-state index is 4.99. The smallest absolute Gasteiger partial charge is 0.0993 e. The molecule has 1 atom stereocenters. The Balaban J connectivity index is 3.06. The minimum absolute atomic E-state index is 0.167. The largest absolute Gasteiger partial charge is 0.371 e. The Morgan fingerprint density at radius 1 is 1.56 bits per heavy atom. The van der Waals surface area contributed by atoms with Crippen molar-refractivity contribution >= 4 is 21.4 Å². The molecule has 1 unspecified atom stereocenters. The van der Waals surface area contributed by atoms with E-state index in [0.29, 0.717) is 0 Å². The number of thiol groups is 1. The van der Waals surface area contributed by atoms with E-state index in [9.17, 15) is 0 Å². The van der Waals surface area contributed by atoms with Crippen LogP contribution in [0.25, 0.3) is 0 Å². The fraction of sp³-hybridized carbons (Fsp3) is 1.00. The molecule has 0 saturated heterocycles. The fourth-order valence-electron chi connectivity index (χ4n) is 0.594. The van der Waals surface area contributed by atoms with Crippen molar-refractivity contribution in [1.29, 1.82) is 0 Å².